The van der Waals surface area contributed by atoms with Gasteiger partial charge >= 0.3 is 5.97 Å². The monoisotopic (exact) mass is 370 g/mol. The summed E-state index contributed by atoms with van der Waals surface area (Å²) in [5.41, 5.74) is 0.0315. The molecule has 0 spiro atoms. The van der Waals surface area contributed by atoms with Crippen LogP contribution in [0.3, 0.4) is 0 Å². The highest BCUT2D eigenvalue weighted by Crippen LogP contribution is 2.40. The highest BCUT2D eigenvalue weighted by Gasteiger charge is 2.39. The lowest BCUT2D eigenvalue weighted by atomic mass is 9.99. The number of nitrogens with one attached hydrogen (secondary N) is 2. The number of esters is 1. The first-order valence-corrected chi connectivity index (χ1v) is 7.93. The molecule has 2 amide bonds. The van der Waals surface area contributed by atoms with Crippen LogP contribution in [0, 0.1) is 10.1 Å². The number of amides is 2. The lowest BCUT2D eigenvalue weighted by Gasteiger charge is -2.11. The van der Waals surface area contributed by atoms with Crippen molar-refractivity contribution in [3.05, 3.63) is 57.9 Å². The van der Waals surface area contributed by atoms with Crippen LogP contribution in [0.1, 0.15) is 28.8 Å². The van der Waals surface area contributed by atoms with Crippen molar-refractivity contribution >= 4 is 34.8 Å². The molecular formula is C17H14N4O6. The number of ether oxygens (including phenoxy) is 1. The lowest BCUT2D eigenvalue weighted by molar-refractivity contribution is -0.383. The van der Waals surface area contributed by atoms with Gasteiger partial charge in [-0.3, -0.25) is 29.5 Å². The molecule has 27 heavy (non-hydrogen) atoms. The summed E-state index contributed by atoms with van der Waals surface area (Å²) >= 11 is 0. The maximum atomic E-state index is 12.3. The highest BCUT2D eigenvalue weighted by molar-refractivity contribution is 6.16. The van der Waals surface area contributed by atoms with Crippen LogP contribution in [0.2, 0.25) is 0 Å². The number of nitro groups is 1. The number of hydrogen-bond acceptors (Lipinski definition) is 7. The van der Waals surface area contributed by atoms with E-state index in [4.69, 9.17) is 4.74 Å². The summed E-state index contributed by atoms with van der Waals surface area (Å²) in [5.74, 6) is -3.26. The molecule has 1 unspecified atom stereocenters. The van der Waals surface area contributed by atoms with Crippen molar-refractivity contribution in [1.82, 2.24) is 4.98 Å². The maximum Gasteiger partial charge on any atom is 0.323 e. The fraction of sp³-hybridized carbons (Fsp3) is 0.176. The van der Waals surface area contributed by atoms with Gasteiger partial charge in [0.05, 0.1) is 17.2 Å². The van der Waals surface area contributed by atoms with Gasteiger partial charge in [0.15, 0.2) is 5.92 Å². The molecule has 1 atom stereocenters. The van der Waals surface area contributed by atoms with Crippen molar-refractivity contribution in [3.63, 3.8) is 0 Å². The van der Waals surface area contributed by atoms with Gasteiger partial charge in [-0.2, -0.15) is 0 Å². The Labute approximate surface area is 152 Å². The Bertz CT molecular complexity index is 944. The number of fused-ring (bicyclic) bond motifs is 1. The molecule has 0 aliphatic carbocycles. The van der Waals surface area contributed by atoms with Gasteiger partial charge in [-0.25, -0.2) is 0 Å². The van der Waals surface area contributed by atoms with Crippen LogP contribution in [0.5, 0.6) is 0 Å². The Morgan fingerprint density at radius 2 is 2.04 bits per heavy atom. The molecule has 0 bridgehead atoms. The number of benzene rings is 1. The SMILES string of the molecule is CCOC(=O)C1C(=O)Nc2cc([N+](=O)[O-])c(NC(=O)c3ccncc3)cc21. The van der Waals surface area contributed by atoms with Crippen LogP contribution in [-0.2, 0) is 14.3 Å². The number of carbonyl (C=O) groups is 3. The molecule has 0 radical (unpaired) electrons. The van der Waals surface area contributed by atoms with E-state index in [1.54, 1.807) is 6.92 Å². The number of nitro benzene ring substituents is 1. The molecule has 0 saturated heterocycles. The van der Waals surface area contributed by atoms with E-state index in [-0.39, 0.29) is 29.1 Å². The number of aromatic nitrogens is 1. The van der Waals surface area contributed by atoms with E-state index in [1.807, 2.05) is 0 Å². The topological polar surface area (TPSA) is 141 Å². The summed E-state index contributed by atoms with van der Waals surface area (Å²) in [4.78, 5) is 51.0. The van der Waals surface area contributed by atoms with Gasteiger partial charge in [0, 0.05) is 29.6 Å². The van der Waals surface area contributed by atoms with Crippen molar-refractivity contribution < 1.29 is 24.0 Å². The average Bonchev–Trinajstić information content (AvgIpc) is 2.96. The number of rotatable bonds is 5. The van der Waals surface area contributed by atoms with Gasteiger partial charge in [0.1, 0.15) is 5.69 Å². The van der Waals surface area contributed by atoms with Gasteiger partial charge in [-0.15, -0.1) is 0 Å². The second kappa shape index (κ2) is 7.20. The molecule has 0 fully saturated rings. The third kappa shape index (κ3) is 3.45. The quantitative estimate of drug-likeness (QED) is 0.354. The van der Waals surface area contributed by atoms with E-state index in [0.29, 0.717) is 0 Å². The van der Waals surface area contributed by atoms with Gasteiger partial charge in [-0.05, 0) is 25.1 Å². The fourth-order valence-corrected chi connectivity index (χ4v) is 2.71. The van der Waals surface area contributed by atoms with Crippen molar-refractivity contribution in [2.75, 3.05) is 17.2 Å². The number of hydrogen-bond donors (Lipinski definition) is 2. The second-order valence-corrected chi connectivity index (χ2v) is 5.58. The third-order valence-corrected chi connectivity index (χ3v) is 3.91. The molecule has 10 heteroatoms. The first-order valence-electron chi connectivity index (χ1n) is 7.93. The van der Waals surface area contributed by atoms with Crippen LogP contribution in [0.25, 0.3) is 0 Å². The molecule has 1 aromatic heterocycles. The predicted molar refractivity (Wildman–Crippen MR) is 93.3 cm³/mol. The summed E-state index contributed by atoms with van der Waals surface area (Å²) in [7, 11) is 0. The average molecular weight is 370 g/mol. The van der Waals surface area contributed by atoms with Gasteiger partial charge in [0.25, 0.3) is 11.6 Å². The number of carbonyl (C=O) groups excluding carboxylic acids is 3. The summed E-state index contributed by atoms with van der Waals surface area (Å²) in [5, 5.41) is 16.3. The van der Waals surface area contributed by atoms with Gasteiger partial charge in [0.2, 0.25) is 5.91 Å². The predicted octanol–water partition coefficient (Wildman–Crippen LogP) is 1.84. The number of anilines is 2. The van der Waals surface area contributed by atoms with Gasteiger partial charge in [-0.1, -0.05) is 0 Å². The lowest BCUT2D eigenvalue weighted by Crippen LogP contribution is -2.23. The Hall–Kier alpha value is -3.82. The van der Waals surface area contributed by atoms with Gasteiger partial charge < -0.3 is 15.4 Å². The Morgan fingerprint density at radius 3 is 2.67 bits per heavy atom. The van der Waals surface area contributed by atoms with Crippen molar-refractivity contribution in [2.24, 2.45) is 0 Å². The van der Waals surface area contributed by atoms with Crippen LogP contribution in [0.15, 0.2) is 36.7 Å². The number of pyridine rings is 1. The Morgan fingerprint density at radius 1 is 1.33 bits per heavy atom. The molecule has 1 aliphatic rings. The highest BCUT2D eigenvalue weighted by atomic mass is 16.6. The molecule has 1 aliphatic heterocycles. The largest absolute Gasteiger partial charge is 0.465 e. The van der Waals surface area contributed by atoms with Crippen LogP contribution < -0.4 is 10.6 Å². The molecular weight excluding hydrogens is 356 g/mol. The Kier molecular flexibility index (Phi) is 4.79. The third-order valence-electron chi connectivity index (χ3n) is 3.91. The van der Waals surface area contributed by atoms with E-state index in [0.717, 1.165) is 6.07 Å². The van der Waals surface area contributed by atoms with Crippen LogP contribution in [-0.4, -0.2) is 34.3 Å². The summed E-state index contributed by atoms with van der Waals surface area (Å²) in [6.45, 7) is 1.68. The zero-order chi connectivity index (χ0) is 19.6. The molecule has 2 heterocycles. The van der Waals surface area contributed by atoms with E-state index < -0.39 is 34.3 Å². The normalized spacial score (nSPS) is 14.9. The molecule has 1 aromatic carbocycles. The van der Waals surface area contributed by atoms with Crippen LogP contribution >= 0.6 is 0 Å². The molecule has 2 N–H and O–H groups in total. The van der Waals surface area contributed by atoms with Crippen LogP contribution in [0.4, 0.5) is 17.1 Å². The second-order valence-electron chi connectivity index (χ2n) is 5.58. The van der Waals surface area contributed by atoms with Crippen molar-refractivity contribution in [3.8, 4) is 0 Å². The molecule has 10 nitrogen and oxygen atoms in total. The van der Waals surface area contributed by atoms with E-state index in [9.17, 15) is 24.5 Å². The molecule has 3 rings (SSSR count). The first-order chi connectivity index (χ1) is 12.9. The molecule has 2 aromatic rings. The molecule has 138 valence electrons. The minimum atomic E-state index is -1.25. The smallest absolute Gasteiger partial charge is 0.323 e. The maximum absolute atomic E-state index is 12.3. The molecule has 0 saturated carbocycles. The standard InChI is InChI=1S/C17H14N4O6/c1-2-27-17(24)14-10-7-12(20-15(22)9-3-5-18-6-4-9)13(21(25)26)8-11(10)19-16(14)23/h3-8,14H,2H2,1H3,(H,19,23)(H,20,22). The Balaban J connectivity index is 2.01. The summed E-state index contributed by atoms with van der Waals surface area (Å²) in [6.07, 6.45) is 2.82. The summed E-state index contributed by atoms with van der Waals surface area (Å²) in [6, 6.07) is 5.24. The minimum Gasteiger partial charge on any atom is -0.465 e. The van der Waals surface area contributed by atoms with Crippen molar-refractivity contribution in [1.29, 1.82) is 0 Å². The van der Waals surface area contributed by atoms with E-state index >= 15 is 0 Å². The first kappa shape index (κ1) is 18.0. The zero-order valence-corrected chi connectivity index (χ0v) is 14.1. The van der Waals surface area contributed by atoms with E-state index in [1.165, 1.54) is 30.6 Å². The fourth-order valence-electron chi connectivity index (χ4n) is 2.71. The summed E-state index contributed by atoms with van der Waals surface area (Å²) < 4.78 is 4.89. The van der Waals surface area contributed by atoms with Crippen molar-refractivity contribution in [2.45, 2.75) is 12.8 Å². The minimum absolute atomic E-state index is 0.0799. The number of nitrogens with zero attached hydrogens (tertiary/aromatic N) is 2. The zero-order valence-electron chi connectivity index (χ0n) is 14.1. The van der Waals surface area contributed by atoms with E-state index in [2.05, 4.69) is 15.6 Å².